The van der Waals surface area contributed by atoms with Crippen LogP contribution in [0.3, 0.4) is 0 Å². The van der Waals surface area contributed by atoms with Crippen molar-refractivity contribution in [2.24, 2.45) is 5.92 Å². The van der Waals surface area contributed by atoms with Gasteiger partial charge in [-0.05, 0) is 68.5 Å². The van der Waals surface area contributed by atoms with Gasteiger partial charge in [-0.15, -0.1) is 0 Å². The summed E-state index contributed by atoms with van der Waals surface area (Å²) in [5.74, 6) is 3.26. The Hall–Kier alpha value is -3.02. The molecule has 0 bridgehead atoms. The van der Waals surface area contributed by atoms with E-state index in [1.165, 1.54) is 24.8 Å². The molecular weight excluding hydrogens is 426 g/mol. The van der Waals surface area contributed by atoms with Crippen molar-refractivity contribution in [1.82, 2.24) is 14.9 Å². The van der Waals surface area contributed by atoms with Gasteiger partial charge in [-0.1, -0.05) is 31.4 Å². The maximum Gasteiger partial charge on any atom is 0.223 e. The van der Waals surface area contributed by atoms with Crippen molar-refractivity contribution in [1.29, 1.82) is 0 Å². The Morgan fingerprint density at radius 3 is 2.56 bits per heavy atom. The first-order valence-electron chi connectivity index (χ1n) is 12.7. The number of imidazole rings is 1. The quantitative estimate of drug-likeness (QED) is 0.359. The molecule has 0 radical (unpaired) electrons. The van der Waals surface area contributed by atoms with Gasteiger partial charge in [0.1, 0.15) is 17.3 Å². The standard InChI is InChI=1S/C28H37N3O3/c1-33-23-15-17-24(18-16-23)34-21-8-7-20-31-26-13-6-5-12-25(26)30-27(31)14-9-19-29-28(32)22-10-3-2-4-11-22/h5-6,12-13,15-18,22H,2-4,7-11,14,19-21H2,1H3,(H,29,32). The molecule has 1 N–H and O–H groups in total. The molecule has 6 heteroatoms. The second-order valence-corrected chi connectivity index (χ2v) is 9.13. The number of ether oxygens (including phenoxy) is 2. The van der Waals surface area contributed by atoms with Gasteiger partial charge in [0.15, 0.2) is 0 Å². The topological polar surface area (TPSA) is 65.4 Å². The number of aryl methyl sites for hydroxylation is 2. The fraction of sp³-hybridized carbons (Fsp3) is 0.500. The van der Waals surface area contributed by atoms with Gasteiger partial charge < -0.3 is 19.4 Å². The molecule has 182 valence electrons. The number of amides is 1. The third kappa shape index (κ3) is 6.52. The number of carbonyl (C=O) groups is 1. The number of hydrogen-bond donors (Lipinski definition) is 1. The second-order valence-electron chi connectivity index (χ2n) is 9.13. The molecular formula is C28H37N3O3. The molecule has 1 saturated carbocycles. The van der Waals surface area contributed by atoms with Gasteiger partial charge in [-0.3, -0.25) is 4.79 Å². The number of fused-ring (bicyclic) bond motifs is 1. The Bertz CT molecular complexity index is 1040. The number of nitrogens with zero attached hydrogens (tertiary/aromatic N) is 2. The molecule has 0 unspecified atom stereocenters. The lowest BCUT2D eigenvalue weighted by atomic mass is 9.89. The zero-order valence-corrected chi connectivity index (χ0v) is 20.3. The van der Waals surface area contributed by atoms with Crippen LogP contribution in [-0.4, -0.2) is 35.7 Å². The highest BCUT2D eigenvalue weighted by atomic mass is 16.5. The Morgan fingerprint density at radius 1 is 1.00 bits per heavy atom. The van der Waals surface area contributed by atoms with E-state index >= 15 is 0 Å². The SMILES string of the molecule is COc1ccc(OCCCCn2c(CCCNC(=O)C3CCCCC3)nc3ccccc32)cc1. The third-order valence-corrected chi connectivity index (χ3v) is 6.69. The van der Waals surface area contributed by atoms with E-state index in [9.17, 15) is 4.79 Å². The van der Waals surface area contributed by atoms with Crippen molar-refractivity contribution < 1.29 is 14.3 Å². The Labute approximate surface area is 202 Å². The highest BCUT2D eigenvalue weighted by Gasteiger charge is 2.20. The minimum absolute atomic E-state index is 0.221. The average Bonchev–Trinajstić information content (AvgIpc) is 3.24. The molecule has 4 rings (SSSR count). The minimum Gasteiger partial charge on any atom is -0.497 e. The fourth-order valence-corrected chi connectivity index (χ4v) is 4.77. The van der Waals surface area contributed by atoms with Crippen LogP contribution in [-0.2, 0) is 17.8 Å². The highest BCUT2D eigenvalue weighted by Crippen LogP contribution is 2.24. The Kier molecular flexibility index (Phi) is 8.83. The van der Waals surface area contributed by atoms with E-state index in [4.69, 9.17) is 14.5 Å². The number of unbranched alkanes of at least 4 members (excludes halogenated alkanes) is 1. The van der Waals surface area contributed by atoms with Crippen molar-refractivity contribution in [3.63, 3.8) is 0 Å². The number of benzene rings is 2. The largest absolute Gasteiger partial charge is 0.497 e. The van der Waals surface area contributed by atoms with Gasteiger partial charge in [0, 0.05) is 25.4 Å². The normalized spacial score (nSPS) is 14.3. The van der Waals surface area contributed by atoms with E-state index in [-0.39, 0.29) is 11.8 Å². The second kappa shape index (κ2) is 12.4. The van der Waals surface area contributed by atoms with Gasteiger partial charge in [-0.25, -0.2) is 4.98 Å². The van der Waals surface area contributed by atoms with Crippen molar-refractivity contribution >= 4 is 16.9 Å². The van der Waals surface area contributed by atoms with Crippen LogP contribution in [0.15, 0.2) is 48.5 Å². The molecule has 1 amide bonds. The van der Waals surface area contributed by atoms with Crippen LogP contribution in [0.25, 0.3) is 11.0 Å². The molecule has 1 aliphatic carbocycles. The van der Waals surface area contributed by atoms with Crippen LogP contribution < -0.4 is 14.8 Å². The lowest BCUT2D eigenvalue weighted by molar-refractivity contribution is -0.125. The van der Waals surface area contributed by atoms with E-state index in [0.29, 0.717) is 13.2 Å². The molecule has 2 aromatic carbocycles. The van der Waals surface area contributed by atoms with Crippen LogP contribution in [0.1, 0.15) is 57.2 Å². The van der Waals surface area contributed by atoms with Crippen molar-refractivity contribution in [2.75, 3.05) is 20.3 Å². The highest BCUT2D eigenvalue weighted by molar-refractivity contribution is 5.78. The zero-order chi connectivity index (χ0) is 23.6. The lowest BCUT2D eigenvalue weighted by Crippen LogP contribution is -2.32. The van der Waals surface area contributed by atoms with Gasteiger partial charge in [-0.2, -0.15) is 0 Å². The number of aromatic nitrogens is 2. The molecule has 0 aliphatic heterocycles. The van der Waals surface area contributed by atoms with E-state index in [1.807, 2.05) is 30.3 Å². The fourth-order valence-electron chi connectivity index (χ4n) is 4.77. The first-order chi connectivity index (χ1) is 16.7. The minimum atomic E-state index is 0.221. The number of carbonyl (C=O) groups excluding carboxylic acids is 1. The maximum absolute atomic E-state index is 12.4. The zero-order valence-electron chi connectivity index (χ0n) is 20.3. The van der Waals surface area contributed by atoms with Gasteiger partial charge in [0.25, 0.3) is 0 Å². The Balaban J connectivity index is 1.25. The summed E-state index contributed by atoms with van der Waals surface area (Å²) in [5, 5.41) is 3.16. The number of nitrogens with one attached hydrogen (secondary N) is 1. The molecule has 0 atom stereocenters. The van der Waals surface area contributed by atoms with Gasteiger partial charge >= 0.3 is 0 Å². The average molecular weight is 464 g/mol. The van der Waals surface area contributed by atoms with Crippen LogP contribution >= 0.6 is 0 Å². The number of para-hydroxylation sites is 2. The molecule has 34 heavy (non-hydrogen) atoms. The van der Waals surface area contributed by atoms with E-state index < -0.39 is 0 Å². The molecule has 6 nitrogen and oxygen atoms in total. The molecule has 0 spiro atoms. The van der Waals surface area contributed by atoms with Crippen LogP contribution in [0.4, 0.5) is 0 Å². The number of methoxy groups -OCH3 is 1. The van der Waals surface area contributed by atoms with Crippen LogP contribution in [0.2, 0.25) is 0 Å². The molecule has 0 saturated heterocycles. The van der Waals surface area contributed by atoms with Gasteiger partial charge in [0.05, 0.1) is 24.8 Å². The van der Waals surface area contributed by atoms with E-state index in [1.54, 1.807) is 7.11 Å². The first kappa shape index (κ1) is 24.1. The van der Waals surface area contributed by atoms with Crippen molar-refractivity contribution in [2.45, 2.75) is 64.3 Å². The van der Waals surface area contributed by atoms with Crippen LogP contribution in [0.5, 0.6) is 11.5 Å². The van der Waals surface area contributed by atoms with E-state index in [2.05, 4.69) is 28.1 Å². The summed E-state index contributed by atoms with van der Waals surface area (Å²) in [6.45, 7) is 2.31. The summed E-state index contributed by atoms with van der Waals surface area (Å²) < 4.78 is 13.4. The lowest BCUT2D eigenvalue weighted by Gasteiger charge is -2.20. The van der Waals surface area contributed by atoms with E-state index in [0.717, 1.165) is 67.9 Å². The summed E-state index contributed by atoms with van der Waals surface area (Å²) in [5.41, 5.74) is 2.22. The first-order valence-corrected chi connectivity index (χ1v) is 12.7. The van der Waals surface area contributed by atoms with Crippen LogP contribution in [0, 0.1) is 5.92 Å². The third-order valence-electron chi connectivity index (χ3n) is 6.69. The van der Waals surface area contributed by atoms with Crippen molar-refractivity contribution in [3.8, 4) is 11.5 Å². The summed E-state index contributed by atoms with van der Waals surface area (Å²) in [6.07, 6.45) is 9.49. The molecule has 1 fully saturated rings. The predicted octanol–water partition coefficient (Wildman–Crippen LogP) is 5.53. The smallest absolute Gasteiger partial charge is 0.223 e. The predicted molar refractivity (Wildman–Crippen MR) is 135 cm³/mol. The molecule has 1 heterocycles. The Morgan fingerprint density at radius 2 is 1.76 bits per heavy atom. The number of rotatable bonds is 12. The molecule has 3 aromatic rings. The summed E-state index contributed by atoms with van der Waals surface area (Å²) in [4.78, 5) is 17.3. The summed E-state index contributed by atoms with van der Waals surface area (Å²) >= 11 is 0. The number of hydrogen-bond acceptors (Lipinski definition) is 4. The molecule has 1 aromatic heterocycles. The van der Waals surface area contributed by atoms with Crippen molar-refractivity contribution in [3.05, 3.63) is 54.4 Å². The summed E-state index contributed by atoms with van der Waals surface area (Å²) in [6, 6.07) is 16.0. The maximum atomic E-state index is 12.4. The summed E-state index contributed by atoms with van der Waals surface area (Å²) in [7, 11) is 1.66. The van der Waals surface area contributed by atoms with Gasteiger partial charge in [0.2, 0.25) is 5.91 Å². The monoisotopic (exact) mass is 463 g/mol. The molecule has 1 aliphatic rings.